The van der Waals surface area contributed by atoms with E-state index in [4.69, 9.17) is 26.2 Å². The summed E-state index contributed by atoms with van der Waals surface area (Å²) in [6, 6.07) is 7.50. The molecule has 0 aliphatic rings. The number of rotatable bonds is 7. The monoisotopic (exact) mass is 421 g/mol. The van der Waals surface area contributed by atoms with Crippen LogP contribution in [0.25, 0.3) is 0 Å². The van der Waals surface area contributed by atoms with Crippen molar-refractivity contribution < 1.29 is 36.2 Å². The van der Waals surface area contributed by atoms with E-state index in [2.05, 4.69) is 4.74 Å². The van der Waals surface area contributed by atoms with Gasteiger partial charge in [-0.2, -0.15) is 8.78 Å². The second-order valence-corrected chi connectivity index (χ2v) is 7.07. The molecule has 2 rings (SSSR count). The van der Waals surface area contributed by atoms with Gasteiger partial charge in [-0.1, -0.05) is 17.7 Å². The van der Waals surface area contributed by atoms with Crippen molar-refractivity contribution in [2.45, 2.75) is 18.1 Å². The van der Waals surface area contributed by atoms with Gasteiger partial charge in [0.2, 0.25) is 10.0 Å². The van der Waals surface area contributed by atoms with Crippen LogP contribution in [-0.4, -0.2) is 28.1 Å². The fourth-order valence-electron chi connectivity index (χ4n) is 2.08. The molecule has 146 valence electrons. The molecule has 0 aliphatic heterocycles. The van der Waals surface area contributed by atoms with Gasteiger partial charge in [0.1, 0.15) is 11.5 Å². The number of hydrogen-bond donors (Lipinski definition) is 1. The fraction of sp³-hybridized carbons (Fsp3) is 0.188. The summed E-state index contributed by atoms with van der Waals surface area (Å²) in [5.41, 5.74) is 0.357. The summed E-state index contributed by atoms with van der Waals surface area (Å²) in [5, 5.41) is 4.90. The maximum Gasteiger partial charge on any atom is 0.387 e. The Morgan fingerprint density at radius 3 is 2.48 bits per heavy atom. The lowest BCUT2D eigenvalue weighted by Crippen LogP contribution is -2.14. The van der Waals surface area contributed by atoms with Crippen molar-refractivity contribution in [2.75, 3.05) is 7.11 Å². The molecule has 0 bridgehead atoms. The van der Waals surface area contributed by atoms with Crippen molar-refractivity contribution in [3.05, 3.63) is 52.5 Å². The van der Waals surface area contributed by atoms with Gasteiger partial charge in [0.15, 0.2) is 11.5 Å². The maximum absolute atomic E-state index is 12.3. The predicted molar refractivity (Wildman–Crippen MR) is 91.6 cm³/mol. The third-order valence-corrected chi connectivity index (χ3v) is 4.68. The van der Waals surface area contributed by atoms with E-state index >= 15 is 0 Å². The van der Waals surface area contributed by atoms with E-state index in [1.807, 2.05) is 0 Å². The van der Waals surface area contributed by atoms with Crippen LogP contribution in [-0.2, 0) is 21.4 Å². The Balaban J connectivity index is 2.14. The largest absolute Gasteiger partial charge is 0.493 e. The first-order chi connectivity index (χ1) is 12.6. The number of carbonyl (C=O) groups excluding carboxylic acids is 1. The van der Waals surface area contributed by atoms with Gasteiger partial charge >= 0.3 is 12.6 Å². The summed E-state index contributed by atoms with van der Waals surface area (Å²) in [7, 11) is -2.84. The van der Waals surface area contributed by atoms with Gasteiger partial charge in [-0.15, -0.1) is 0 Å². The standard InChI is InChI=1S/C16H14ClF2NO6S/c1-24-13-6-9(2-5-12(13)26-16(18)19)8-25-15(21)10-3-4-11(17)14(7-10)27(20,22)23/h2-7,16H,8H2,1H3,(H2,20,22,23). The molecule has 0 aliphatic carbocycles. The molecule has 0 radical (unpaired) electrons. The molecule has 0 atom stereocenters. The van der Waals surface area contributed by atoms with Crippen molar-refractivity contribution in [1.29, 1.82) is 0 Å². The van der Waals surface area contributed by atoms with Gasteiger partial charge in [-0.05, 0) is 35.9 Å². The molecule has 0 unspecified atom stereocenters. The normalized spacial score (nSPS) is 11.3. The number of carbonyl (C=O) groups is 1. The van der Waals surface area contributed by atoms with Gasteiger partial charge in [0.05, 0.1) is 17.7 Å². The molecule has 2 N–H and O–H groups in total. The van der Waals surface area contributed by atoms with Gasteiger partial charge in [0, 0.05) is 0 Å². The van der Waals surface area contributed by atoms with Gasteiger partial charge in [0.25, 0.3) is 0 Å². The van der Waals surface area contributed by atoms with Crippen LogP contribution in [0.3, 0.4) is 0 Å². The van der Waals surface area contributed by atoms with E-state index in [1.54, 1.807) is 0 Å². The molecule has 0 saturated heterocycles. The molecule has 27 heavy (non-hydrogen) atoms. The van der Waals surface area contributed by atoms with Crippen LogP contribution in [0.5, 0.6) is 11.5 Å². The highest BCUT2D eigenvalue weighted by molar-refractivity contribution is 7.89. The van der Waals surface area contributed by atoms with Crippen LogP contribution in [0.4, 0.5) is 8.78 Å². The number of nitrogens with two attached hydrogens (primary N) is 1. The predicted octanol–water partition coefficient (Wildman–Crippen LogP) is 2.95. The molecule has 7 nitrogen and oxygen atoms in total. The molecule has 0 amide bonds. The SMILES string of the molecule is COc1cc(COC(=O)c2ccc(Cl)c(S(N)(=O)=O)c2)ccc1OC(F)F. The zero-order valence-electron chi connectivity index (χ0n) is 13.8. The number of primary sulfonamides is 1. The lowest BCUT2D eigenvalue weighted by molar-refractivity contribution is -0.0512. The van der Waals surface area contributed by atoms with Crippen LogP contribution in [0.1, 0.15) is 15.9 Å². The second-order valence-electron chi connectivity index (χ2n) is 5.13. The minimum Gasteiger partial charge on any atom is -0.493 e. The van der Waals surface area contributed by atoms with Crippen molar-refractivity contribution in [2.24, 2.45) is 5.14 Å². The van der Waals surface area contributed by atoms with Crippen LogP contribution in [0.2, 0.25) is 5.02 Å². The van der Waals surface area contributed by atoms with Crippen molar-refractivity contribution in [3.8, 4) is 11.5 Å². The molecule has 2 aromatic rings. The minimum atomic E-state index is -4.11. The lowest BCUT2D eigenvalue weighted by atomic mass is 10.2. The van der Waals surface area contributed by atoms with E-state index in [0.29, 0.717) is 5.56 Å². The Morgan fingerprint density at radius 2 is 1.89 bits per heavy atom. The van der Waals surface area contributed by atoms with Crippen molar-refractivity contribution >= 4 is 27.6 Å². The molecule has 11 heteroatoms. The molecule has 2 aromatic carbocycles. The molecule has 0 spiro atoms. The fourth-order valence-corrected chi connectivity index (χ4v) is 3.15. The van der Waals surface area contributed by atoms with Crippen LogP contribution < -0.4 is 14.6 Å². The first-order valence-corrected chi connectivity index (χ1v) is 9.15. The van der Waals surface area contributed by atoms with Gasteiger partial charge in [-0.25, -0.2) is 18.4 Å². The number of halogens is 3. The Bertz CT molecular complexity index is 952. The average Bonchev–Trinajstić information content (AvgIpc) is 2.59. The first kappa shape index (κ1) is 20.9. The Labute approximate surface area is 158 Å². The Hall–Kier alpha value is -2.43. The van der Waals surface area contributed by atoms with Gasteiger partial charge in [-0.3, -0.25) is 0 Å². The average molecular weight is 422 g/mol. The Kier molecular flexibility index (Phi) is 6.58. The van der Waals surface area contributed by atoms with Crippen LogP contribution in [0.15, 0.2) is 41.3 Å². The van der Waals surface area contributed by atoms with Crippen molar-refractivity contribution in [3.63, 3.8) is 0 Å². The quantitative estimate of drug-likeness (QED) is 0.689. The van der Waals surface area contributed by atoms with Crippen LogP contribution in [0, 0.1) is 0 Å². The minimum absolute atomic E-state index is 0.0341. The summed E-state index contributed by atoms with van der Waals surface area (Å²) >= 11 is 5.75. The summed E-state index contributed by atoms with van der Waals surface area (Å²) < 4.78 is 61.9. The number of ether oxygens (including phenoxy) is 3. The summed E-state index contributed by atoms with van der Waals surface area (Å²) in [4.78, 5) is 11.7. The smallest absolute Gasteiger partial charge is 0.387 e. The highest BCUT2D eigenvalue weighted by atomic mass is 35.5. The molecular weight excluding hydrogens is 408 g/mol. The van der Waals surface area contributed by atoms with E-state index in [1.165, 1.54) is 37.4 Å². The third-order valence-electron chi connectivity index (χ3n) is 3.29. The maximum atomic E-state index is 12.3. The molecule has 0 aromatic heterocycles. The number of hydrogen-bond acceptors (Lipinski definition) is 6. The van der Waals surface area contributed by atoms with Gasteiger partial charge < -0.3 is 14.2 Å². The molecule has 0 fully saturated rings. The lowest BCUT2D eigenvalue weighted by Gasteiger charge is -2.12. The first-order valence-electron chi connectivity index (χ1n) is 7.23. The Morgan fingerprint density at radius 1 is 1.19 bits per heavy atom. The van der Waals surface area contributed by atoms with E-state index in [0.717, 1.165) is 6.07 Å². The number of alkyl halides is 2. The number of esters is 1. The van der Waals surface area contributed by atoms with Crippen LogP contribution >= 0.6 is 11.6 Å². The zero-order chi connectivity index (χ0) is 20.2. The number of sulfonamides is 1. The highest BCUT2D eigenvalue weighted by Gasteiger charge is 2.18. The summed E-state index contributed by atoms with van der Waals surface area (Å²) in [6.07, 6.45) is 0. The van der Waals surface area contributed by atoms with Crippen molar-refractivity contribution in [1.82, 2.24) is 0 Å². The number of methoxy groups -OCH3 is 1. The molecule has 0 heterocycles. The summed E-state index contributed by atoms with van der Waals surface area (Å²) in [6.45, 7) is -3.24. The van der Waals surface area contributed by atoms with E-state index in [-0.39, 0.29) is 28.7 Å². The van der Waals surface area contributed by atoms with E-state index in [9.17, 15) is 22.0 Å². The van der Waals surface area contributed by atoms with E-state index < -0.39 is 27.5 Å². The molecule has 0 saturated carbocycles. The highest BCUT2D eigenvalue weighted by Crippen LogP contribution is 2.30. The topological polar surface area (TPSA) is 105 Å². The molecular formula is C16H14ClF2NO6S. The second kappa shape index (κ2) is 8.51. The third kappa shape index (κ3) is 5.52. The number of benzene rings is 2. The zero-order valence-corrected chi connectivity index (χ0v) is 15.4. The summed E-state index contributed by atoms with van der Waals surface area (Å²) in [5.74, 6) is -0.964.